The fourth-order valence-electron chi connectivity index (χ4n) is 2.50. The molecule has 0 aromatic heterocycles. The Balaban J connectivity index is 2.28. The topological polar surface area (TPSA) is 70.5 Å². The molecule has 0 radical (unpaired) electrons. The third-order valence-corrected chi connectivity index (χ3v) is 9.17. The first-order chi connectivity index (χ1) is 9.57. The SMILES string of the molecule is C[Si](C)(C)O[Si](C)(C)CCCOCc1cc(N)cc(N)c1. The van der Waals surface area contributed by atoms with Crippen LogP contribution in [0.4, 0.5) is 11.4 Å². The van der Waals surface area contributed by atoms with Gasteiger partial charge in [0, 0.05) is 18.0 Å². The Morgan fingerprint density at radius 3 is 2.05 bits per heavy atom. The van der Waals surface area contributed by atoms with Crippen molar-refractivity contribution in [3.8, 4) is 0 Å². The van der Waals surface area contributed by atoms with Gasteiger partial charge in [0.25, 0.3) is 0 Å². The van der Waals surface area contributed by atoms with Crippen LogP contribution in [0.1, 0.15) is 12.0 Å². The molecule has 0 aliphatic rings. The first-order valence-electron chi connectivity index (χ1n) is 7.50. The Morgan fingerprint density at radius 2 is 1.52 bits per heavy atom. The lowest BCUT2D eigenvalue weighted by Gasteiger charge is -2.31. The smallest absolute Gasteiger partial charge is 0.173 e. The van der Waals surface area contributed by atoms with Gasteiger partial charge in [0.1, 0.15) is 0 Å². The molecule has 0 saturated carbocycles. The first-order valence-corrected chi connectivity index (χ1v) is 14.0. The Bertz CT molecular complexity index is 439. The highest BCUT2D eigenvalue weighted by molar-refractivity contribution is 6.84. The number of benzene rings is 1. The van der Waals surface area contributed by atoms with Gasteiger partial charge in [-0.05, 0) is 69.0 Å². The molecule has 0 spiro atoms. The fraction of sp³-hybridized carbons (Fsp3) is 0.600. The van der Waals surface area contributed by atoms with Crippen LogP contribution < -0.4 is 11.5 Å². The molecule has 4 nitrogen and oxygen atoms in total. The molecule has 0 unspecified atom stereocenters. The molecule has 0 aliphatic heterocycles. The van der Waals surface area contributed by atoms with Crippen molar-refractivity contribution in [3.05, 3.63) is 23.8 Å². The van der Waals surface area contributed by atoms with E-state index in [0.29, 0.717) is 18.0 Å². The summed E-state index contributed by atoms with van der Waals surface area (Å²) >= 11 is 0. The van der Waals surface area contributed by atoms with Gasteiger partial charge in [-0.15, -0.1) is 0 Å². The maximum Gasteiger partial charge on any atom is 0.173 e. The van der Waals surface area contributed by atoms with Crippen LogP contribution in [0, 0.1) is 0 Å². The summed E-state index contributed by atoms with van der Waals surface area (Å²) in [6, 6.07) is 6.70. The highest BCUT2D eigenvalue weighted by Crippen LogP contribution is 2.20. The summed E-state index contributed by atoms with van der Waals surface area (Å²) in [5.41, 5.74) is 13.9. The maximum absolute atomic E-state index is 6.31. The molecule has 6 heteroatoms. The fourth-order valence-corrected chi connectivity index (χ4v) is 10.5. The van der Waals surface area contributed by atoms with E-state index >= 15 is 0 Å². The van der Waals surface area contributed by atoms with E-state index in [2.05, 4.69) is 32.7 Å². The average Bonchev–Trinajstić information content (AvgIpc) is 2.23. The number of nitrogens with two attached hydrogens (primary N) is 2. The van der Waals surface area contributed by atoms with Crippen molar-refractivity contribution in [1.82, 2.24) is 0 Å². The molecule has 0 aliphatic carbocycles. The van der Waals surface area contributed by atoms with Crippen molar-refractivity contribution in [3.63, 3.8) is 0 Å². The third kappa shape index (κ3) is 8.25. The summed E-state index contributed by atoms with van der Waals surface area (Å²) in [5.74, 6) is 0. The molecule has 21 heavy (non-hydrogen) atoms. The maximum atomic E-state index is 6.31. The van der Waals surface area contributed by atoms with Crippen LogP contribution in [0.5, 0.6) is 0 Å². The summed E-state index contributed by atoms with van der Waals surface area (Å²) in [4.78, 5) is 0. The van der Waals surface area contributed by atoms with Crippen LogP contribution in [0.2, 0.25) is 38.8 Å². The van der Waals surface area contributed by atoms with Gasteiger partial charge in [0.15, 0.2) is 16.6 Å². The lowest BCUT2D eigenvalue weighted by Crippen LogP contribution is -2.42. The lowest BCUT2D eigenvalue weighted by molar-refractivity contribution is 0.121. The van der Waals surface area contributed by atoms with Gasteiger partial charge in [0.05, 0.1) is 6.61 Å². The second-order valence-corrected chi connectivity index (χ2v) is 16.2. The molecule has 0 amide bonds. The molecule has 4 N–H and O–H groups in total. The normalized spacial score (nSPS) is 12.6. The second kappa shape index (κ2) is 7.44. The molecule has 0 heterocycles. The zero-order valence-corrected chi connectivity index (χ0v) is 16.0. The van der Waals surface area contributed by atoms with Gasteiger partial charge in [-0.1, -0.05) is 0 Å². The van der Waals surface area contributed by atoms with Crippen molar-refractivity contribution in [2.24, 2.45) is 0 Å². The Hall–Kier alpha value is -0.826. The number of hydrogen-bond donors (Lipinski definition) is 2. The summed E-state index contributed by atoms with van der Waals surface area (Å²) < 4.78 is 12.0. The molecule has 1 aromatic carbocycles. The summed E-state index contributed by atoms with van der Waals surface area (Å²) in [5, 5.41) is 0. The minimum atomic E-state index is -1.54. The Morgan fingerprint density at radius 1 is 0.952 bits per heavy atom. The predicted octanol–water partition coefficient (Wildman–Crippen LogP) is 3.81. The van der Waals surface area contributed by atoms with Crippen molar-refractivity contribution in [2.75, 3.05) is 18.1 Å². The third-order valence-electron chi connectivity index (χ3n) is 2.96. The van der Waals surface area contributed by atoms with E-state index in [-0.39, 0.29) is 0 Å². The Kier molecular flexibility index (Phi) is 6.46. The quantitative estimate of drug-likeness (QED) is 0.433. The van der Waals surface area contributed by atoms with Gasteiger partial charge in [-0.3, -0.25) is 0 Å². The minimum absolute atomic E-state index is 0.562. The molecular formula is C15H30N2O2Si2. The second-order valence-electron chi connectivity index (χ2n) is 7.14. The zero-order chi connectivity index (χ0) is 16.1. The van der Waals surface area contributed by atoms with Crippen LogP contribution in [0.15, 0.2) is 18.2 Å². The van der Waals surface area contributed by atoms with E-state index < -0.39 is 16.6 Å². The molecule has 1 aromatic rings. The van der Waals surface area contributed by atoms with Crippen LogP contribution >= 0.6 is 0 Å². The van der Waals surface area contributed by atoms with Gasteiger partial charge in [0.2, 0.25) is 0 Å². The van der Waals surface area contributed by atoms with Gasteiger partial charge < -0.3 is 20.3 Å². The van der Waals surface area contributed by atoms with E-state index in [1.165, 1.54) is 0 Å². The Labute approximate surface area is 131 Å². The van der Waals surface area contributed by atoms with Crippen molar-refractivity contribution in [1.29, 1.82) is 0 Å². The summed E-state index contributed by atoms with van der Waals surface area (Å²) in [7, 11) is -2.98. The average molecular weight is 327 g/mol. The number of nitrogen functional groups attached to an aromatic ring is 2. The van der Waals surface area contributed by atoms with Crippen molar-refractivity contribution in [2.45, 2.75) is 51.8 Å². The van der Waals surface area contributed by atoms with E-state index in [0.717, 1.165) is 24.6 Å². The summed E-state index contributed by atoms with van der Waals surface area (Å²) in [6.07, 6.45) is 1.04. The molecule has 120 valence electrons. The van der Waals surface area contributed by atoms with E-state index in [1.54, 1.807) is 6.07 Å². The van der Waals surface area contributed by atoms with Gasteiger partial charge in [-0.25, -0.2) is 0 Å². The van der Waals surface area contributed by atoms with E-state index in [4.69, 9.17) is 20.3 Å². The number of anilines is 2. The summed E-state index contributed by atoms with van der Waals surface area (Å²) in [6.45, 7) is 12.7. The zero-order valence-electron chi connectivity index (χ0n) is 14.0. The lowest BCUT2D eigenvalue weighted by atomic mass is 10.2. The van der Waals surface area contributed by atoms with Crippen molar-refractivity contribution < 1.29 is 8.85 Å². The largest absolute Gasteiger partial charge is 0.456 e. The van der Waals surface area contributed by atoms with E-state index in [9.17, 15) is 0 Å². The van der Waals surface area contributed by atoms with Crippen LogP contribution in [-0.2, 0) is 15.5 Å². The number of hydrogen-bond acceptors (Lipinski definition) is 4. The standard InChI is InChI=1S/C15H30N2O2Si2/c1-20(2,3)19-21(4,5)8-6-7-18-12-13-9-14(16)11-15(17)10-13/h9-11H,6-8,12,16-17H2,1-5H3. The molecule has 0 bridgehead atoms. The molecule has 0 fully saturated rings. The predicted molar refractivity (Wildman–Crippen MR) is 96.3 cm³/mol. The monoisotopic (exact) mass is 326 g/mol. The van der Waals surface area contributed by atoms with Crippen LogP contribution in [0.25, 0.3) is 0 Å². The molecule has 0 atom stereocenters. The van der Waals surface area contributed by atoms with Crippen LogP contribution in [0.3, 0.4) is 0 Å². The number of ether oxygens (including phenoxy) is 1. The van der Waals surface area contributed by atoms with E-state index in [1.807, 2.05) is 12.1 Å². The van der Waals surface area contributed by atoms with Gasteiger partial charge >= 0.3 is 0 Å². The first kappa shape index (κ1) is 18.2. The molecular weight excluding hydrogens is 296 g/mol. The van der Waals surface area contributed by atoms with Crippen molar-refractivity contribution >= 4 is 28.0 Å². The van der Waals surface area contributed by atoms with Gasteiger partial charge in [-0.2, -0.15) is 0 Å². The highest BCUT2D eigenvalue weighted by atomic mass is 28.4. The molecule has 1 rings (SSSR count). The number of rotatable bonds is 8. The van der Waals surface area contributed by atoms with Crippen LogP contribution in [-0.4, -0.2) is 23.2 Å². The minimum Gasteiger partial charge on any atom is -0.456 e. The molecule has 0 saturated heterocycles. The highest BCUT2D eigenvalue weighted by Gasteiger charge is 2.28.